The molecule has 0 fully saturated rings. The third kappa shape index (κ3) is 3.17. The summed E-state index contributed by atoms with van der Waals surface area (Å²) in [5.74, 6) is -0.179. The Morgan fingerprint density at radius 2 is 2.28 bits per heavy atom. The number of thiophene rings is 1. The summed E-state index contributed by atoms with van der Waals surface area (Å²) in [5.41, 5.74) is 0.768. The molecule has 2 aromatic rings. The first kappa shape index (κ1) is 12.8. The number of carbonyl (C=O) groups excluding carboxylic acids is 1. The van der Waals surface area contributed by atoms with Crippen molar-refractivity contribution in [2.24, 2.45) is 0 Å². The standard InChI is InChI=1S/C14H15NO2S/c1-2-6-13(16)17-14(12-8-5-10-18-12)11-7-3-4-9-15-11/h3-5,7-10,14H,2,6H2,1H3. The summed E-state index contributed by atoms with van der Waals surface area (Å²) in [4.78, 5) is 17.0. The number of hydrogen-bond donors (Lipinski definition) is 0. The van der Waals surface area contributed by atoms with E-state index in [0.29, 0.717) is 6.42 Å². The fourth-order valence-corrected chi connectivity index (χ4v) is 2.39. The van der Waals surface area contributed by atoms with Gasteiger partial charge in [-0.1, -0.05) is 19.1 Å². The minimum Gasteiger partial charge on any atom is -0.450 e. The summed E-state index contributed by atoms with van der Waals surface area (Å²) < 4.78 is 5.53. The van der Waals surface area contributed by atoms with E-state index in [1.54, 1.807) is 17.5 Å². The van der Waals surface area contributed by atoms with Crippen molar-refractivity contribution in [3.63, 3.8) is 0 Å². The molecule has 0 saturated heterocycles. The van der Waals surface area contributed by atoms with Crippen molar-refractivity contribution in [3.05, 3.63) is 52.5 Å². The van der Waals surface area contributed by atoms with Gasteiger partial charge in [-0.15, -0.1) is 11.3 Å². The Labute approximate surface area is 110 Å². The molecule has 0 N–H and O–H groups in total. The van der Waals surface area contributed by atoms with E-state index in [2.05, 4.69) is 4.98 Å². The van der Waals surface area contributed by atoms with Crippen molar-refractivity contribution in [2.75, 3.05) is 0 Å². The maximum Gasteiger partial charge on any atom is 0.306 e. The number of hydrogen-bond acceptors (Lipinski definition) is 4. The van der Waals surface area contributed by atoms with Gasteiger partial charge in [0.25, 0.3) is 0 Å². The van der Waals surface area contributed by atoms with Crippen LogP contribution in [0.4, 0.5) is 0 Å². The molecule has 18 heavy (non-hydrogen) atoms. The van der Waals surface area contributed by atoms with Gasteiger partial charge in [-0.2, -0.15) is 0 Å². The zero-order valence-corrected chi connectivity index (χ0v) is 11.0. The lowest BCUT2D eigenvalue weighted by Crippen LogP contribution is -2.12. The fraction of sp³-hybridized carbons (Fsp3) is 0.286. The molecule has 4 heteroatoms. The summed E-state index contributed by atoms with van der Waals surface area (Å²) in [6.07, 6.45) is 2.56. The predicted molar refractivity (Wildman–Crippen MR) is 71.4 cm³/mol. The molecule has 2 rings (SSSR count). The van der Waals surface area contributed by atoms with Gasteiger partial charge in [-0.25, -0.2) is 0 Å². The average molecular weight is 261 g/mol. The largest absolute Gasteiger partial charge is 0.450 e. The fourth-order valence-electron chi connectivity index (χ4n) is 1.63. The van der Waals surface area contributed by atoms with Crippen LogP contribution in [0.2, 0.25) is 0 Å². The van der Waals surface area contributed by atoms with Crippen LogP contribution >= 0.6 is 11.3 Å². The van der Waals surface area contributed by atoms with E-state index < -0.39 is 0 Å². The Kier molecular flexibility index (Phi) is 4.47. The van der Waals surface area contributed by atoms with Gasteiger partial charge in [0.2, 0.25) is 0 Å². The highest BCUT2D eigenvalue weighted by Gasteiger charge is 2.20. The second kappa shape index (κ2) is 6.31. The summed E-state index contributed by atoms with van der Waals surface area (Å²) in [6.45, 7) is 1.96. The summed E-state index contributed by atoms with van der Waals surface area (Å²) in [6, 6.07) is 9.54. The molecule has 0 saturated carbocycles. The molecular formula is C14H15NO2S. The number of carbonyl (C=O) groups is 1. The Hall–Kier alpha value is -1.68. The molecule has 94 valence electrons. The monoisotopic (exact) mass is 261 g/mol. The molecule has 1 unspecified atom stereocenters. The van der Waals surface area contributed by atoms with E-state index >= 15 is 0 Å². The Morgan fingerprint density at radius 1 is 1.39 bits per heavy atom. The minimum absolute atomic E-state index is 0.179. The van der Waals surface area contributed by atoms with Gasteiger partial charge in [0, 0.05) is 12.6 Å². The van der Waals surface area contributed by atoms with E-state index in [0.717, 1.165) is 17.0 Å². The van der Waals surface area contributed by atoms with Crippen LogP contribution < -0.4 is 0 Å². The molecule has 0 aliphatic rings. The van der Waals surface area contributed by atoms with E-state index in [1.807, 2.05) is 42.6 Å². The number of pyridine rings is 1. The van der Waals surface area contributed by atoms with Crippen LogP contribution in [0, 0.1) is 0 Å². The van der Waals surface area contributed by atoms with Gasteiger partial charge in [-0.3, -0.25) is 9.78 Å². The molecule has 0 aromatic carbocycles. The van der Waals surface area contributed by atoms with Crippen molar-refractivity contribution >= 4 is 17.3 Å². The summed E-state index contributed by atoms with van der Waals surface area (Å²) >= 11 is 1.57. The molecule has 3 nitrogen and oxygen atoms in total. The highest BCUT2D eigenvalue weighted by molar-refractivity contribution is 7.10. The van der Waals surface area contributed by atoms with Crippen LogP contribution in [0.5, 0.6) is 0 Å². The van der Waals surface area contributed by atoms with Crippen molar-refractivity contribution in [1.82, 2.24) is 4.98 Å². The SMILES string of the molecule is CCCC(=O)OC(c1ccccn1)c1cccs1. The van der Waals surface area contributed by atoms with Crippen LogP contribution in [-0.2, 0) is 9.53 Å². The van der Waals surface area contributed by atoms with Gasteiger partial charge >= 0.3 is 5.97 Å². The van der Waals surface area contributed by atoms with Crippen molar-refractivity contribution in [2.45, 2.75) is 25.9 Å². The van der Waals surface area contributed by atoms with E-state index in [-0.39, 0.29) is 12.1 Å². The number of nitrogens with zero attached hydrogens (tertiary/aromatic N) is 1. The molecule has 0 amide bonds. The lowest BCUT2D eigenvalue weighted by atomic mass is 10.2. The molecule has 0 aliphatic carbocycles. The normalized spacial score (nSPS) is 12.1. The molecule has 2 heterocycles. The second-order valence-corrected chi connectivity index (χ2v) is 4.87. The lowest BCUT2D eigenvalue weighted by molar-refractivity contribution is -0.147. The number of esters is 1. The zero-order chi connectivity index (χ0) is 12.8. The van der Waals surface area contributed by atoms with E-state index in [1.165, 1.54) is 0 Å². The summed E-state index contributed by atoms with van der Waals surface area (Å²) in [7, 11) is 0. The van der Waals surface area contributed by atoms with Crippen LogP contribution in [0.25, 0.3) is 0 Å². The second-order valence-electron chi connectivity index (χ2n) is 3.89. The Bertz CT molecular complexity index is 482. The van der Waals surface area contributed by atoms with E-state index in [4.69, 9.17) is 4.74 Å². The number of ether oxygens (including phenoxy) is 1. The predicted octanol–water partition coefficient (Wildman–Crippen LogP) is 3.58. The molecule has 0 aliphatic heterocycles. The Morgan fingerprint density at radius 3 is 2.89 bits per heavy atom. The third-order valence-electron chi connectivity index (χ3n) is 2.46. The maximum atomic E-state index is 11.7. The first-order chi connectivity index (χ1) is 8.81. The van der Waals surface area contributed by atoms with Gasteiger partial charge in [0.05, 0.1) is 10.6 Å². The number of aromatic nitrogens is 1. The van der Waals surface area contributed by atoms with Gasteiger partial charge < -0.3 is 4.74 Å². The molecule has 1 atom stereocenters. The third-order valence-corrected chi connectivity index (χ3v) is 3.38. The van der Waals surface area contributed by atoms with Crippen molar-refractivity contribution in [1.29, 1.82) is 0 Å². The van der Waals surface area contributed by atoms with Gasteiger partial charge in [-0.05, 0) is 30.0 Å². The van der Waals surface area contributed by atoms with E-state index in [9.17, 15) is 4.79 Å². The molecule has 0 radical (unpaired) electrons. The first-order valence-electron chi connectivity index (χ1n) is 5.95. The van der Waals surface area contributed by atoms with Crippen LogP contribution in [-0.4, -0.2) is 11.0 Å². The lowest BCUT2D eigenvalue weighted by Gasteiger charge is -2.15. The maximum absolute atomic E-state index is 11.7. The summed E-state index contributed by atoms with van der Waals surface area (Å²) in [5, 5.41) is 1.97. The first-order valence-corrected chi connectivity index (χ1v) is 6.83. The molecule has 2 aromatic heterocycles. The van der Waals surface area contributed by atoms with Gasteiger partial charge in [0.1, 0.15) is 0 Å². The minimum atomic E-state index is -0.384. The highest BCUT2D eigenvalue weighted by Crippen LogP contribution is 2.28. The number of rotatable bonds is 5. The quantitative estimate of drug-likeness (QED) is 0.772. The van der Waals surface area contributed by atoms with Crippen molar-refractivity contribution in [3.8, 4) is 0 Å². The molecular weight excluding hydrogens is 246 g/mol. The highest BCUT2D eigenvalue weighted by atomic mass is 32.1. The molecule has 0 spiro atoms. The Balaban J connectivity index is 2.22. The van der Waals surface area contributed by atoms with Crippen LogP contribution in [0.15, 0.2) is 41.9 Å². The zero-order valence-electron chi connectivity index (χ0n) is 10.2. The average Bonchev–Trinajstić information content (AvgIpc) is 2.91. The van der Waals surface area contributed by atoms with Crippen LogP contribution in [0.1, 0.15) is 36.4 Å². The smallest absolute Gasteiger partial charge is 0.306 e. The topological polar surface area (TPSA) is 39.2 Å². The molecule has 0 bridgehead atoms. The van der Waals surface area contributed by atoms with Crippen LogP contribution in [0.3, 0.4) is 0 Å². The van der Waals surface area contributed by atoms with Crippen molar-refractivity contribution < 1.29 is 9.53 Å². The van der Waals surface area contributed by atoms with Gasteiger partial charge in [0.15, 0.2) is 6.10 Å².